The van der Waals surface area contributed by atoms with E-state index in [0.29, 0.717) is 10.7 Å². The van der Waals surface area contributed by atoms with Crippen LogP contribution in [0.1, 0.15) is 25.3 Å². The molecule has 2 atom stereocenters. The maximum absolute atomic E-state index is 5.78. The minimum atomic E-state index is 0.0261. The molecule has 18 heavy (non-hydrogen) atoms. The van der Waals surface area contributed by atoms with Crippen molar-refractivity contribution in [1.82, 2.24) is 14.8 Å². The lowest BCUT2D eigenvalue weighted by atomic mass is 10.0. The molecule has 2 unspecified atom stereocenters. The quantitative estimate of drug-likeness (QED) is 0.845. The number of nitrogens with zero attached hydrogens (tertiary/aromatic N) is 2. The Balaban J connectivity index is 2.10. The minimum absolute atomic E-state index is 0.0261. The Morgan fingerprint density at radius 1 is 1.39 bits per heavy atom. The first kappa shape index (κ1) is 11.6. The van der Waals surface area contributed by atoms with Crippen molar-refractivity contribution in [2.24, 2.45) is 5.92 Å². The molecule has 1 fully saturated rings. The van der Waals surface area contributed by atoms with E-state index in [4.69, 9.17) is 17.0 Å². The van der Waals surface area contributed by atoms with Crippen LogP contribution in [0.25, 0.3) is 5.69 Å². The summed E-state index contributed by atoms with van der Waals surface area (Å²) in [5.41, 5.74) is 1.02. The molecule has 1 N–H and O–H groups in total. The predicted molar refractivity (Wildman–Crippen MR) is 71.2 cm³/mol. The highest BCUT2D eigenvalue weighted by atomic mass is 32.1. The van der Waals surface area contributed by atoms with Gasteiger partial charge in [-0.1, -0.05) is 25.1 Å². The SMILES string of the molecule is CC1CCOC1c1n[nH]c(=S)n1-c1ccccc1. The second-order valence-electron chi connectivity index (χ2n) is 4.62. The van der Waals surface area contributed by atoms with Crippen molar-refractivity contribution in [3.8, 4) is 5.69 Å². The normalized spacial score (nSPS) is 23.4. The van der Waals surface area contributed by atoms with Crippen LogP contribution in [-0.4, -0.2) is 21.4 Å². The summed E-state index contributed by atoms with van der Waals surface area (Å²) in [6.07, 6.45) is 1.09. The summed E-state index contributed by atoms with van der Waals surface area (Å²) in [4.78, 5) is 0. The fraction of sp³-hybridized carbons (Fsp3) is 0.385. The van der Waals surface area contributed by atoms with Gasteiger partial charge in [0.2, 0.25) is 0 Å². The molecule has 0 bridgehead atoms. The van der Waals surface area contributed by atoms with Crippen LogP contribution in [-0.2, 0) is 4.74 Å². The Kier molecular flexibility index (Phi) is 3.01. The van der Waals surface area contributed by atoms with Crippen LogP contribution < -0.4 is 0 Å². The predicted octanol–water partition coefficient (Wildman–Crippen LogP) is 3.03. The summed E-state index contributed by atoms with van der Waals surface area (Å²) in [6, 6.07) is 10.0. The summed E-state index contributed by atoms with van der Waals surface area (Å²) < 4.78 is 8.35. The molecule has 1 aliphatic rings. The number of aromatic nitrogens is 3. The van der Waals surface area contributed by atoms with Gasteiger partial charge in [-0.25, -0.2) is 0 Å². The third-order valence-electron chi connectivity index (χ3n) is 3.35. The van der Waals surface area contributed by atoms with E-state index < -0.39 is 0 Å². The Labute approximate surface area is 111 Å². The molecule has 0 amide bonds. The fourth-order valence-electron chi connectivity index (χ4n) is 2.35. The molecular formula is C13H15N3OS. The van der Waals surface area contributed by atoms with Crippen molar-refractivity contribution in [2.45, 2.75) is 19.4 Å². The Morgan fingerprint density at radius 2 is 2.17 bits per heavy atom. The molecule has 5 heteroatoms. The average molecular weight is 261 g/mol. The monoisotopic (exact) mass is 261 g/mol. The van der Waals surface area contributed by atoms with E-state index in [0.717, 1.165) is 24.5 Å². The first-order valence-corrected chi connectivity index (χ1v) is 6.52. The van der Waals surface area contributed by atoms with Gasteiger partial charge in [0.05, 0.1) is 0 Å². The van der Waals surface area contributed by atoms with Crippen LogP contribution in [0, 0.1) is 10.7 Å². The van der Waals surface area contributed by atoms with E-state index in [-0.39, 0.29) is 6.10 Å². The molecule has 2 heterocycles. The van der Waals surface area contributed by atoms with Gasteiger partial charge in [-0.2, -0.15) is 5.10 Å². The molecule has 0 spiro atoms. The number of ether oxygens (including phenoxy) is 1. The van der Waals surface area contributed by atoms with Gasteiger partial charge in [0.15, 0.2) is 10.6 Å². The lowest BCUT2D eigenvalue weighted by Gasteiger charge is -2.15. The maximum atomic E-state index is 5.78. The molecule has 1 aromatic carbocycles. The van der Waals surface area contributed by atoms with Gasteiger partial charge in [-0.15, -0.1) is 0 Å². The van der Waals surface area contributed by atoms with Crippen LogP contribution in [0.2, 0.25) is 0 Å². The van der Waals surface area contributed by atoms with Gasteiger partial charge in [0.1, 0.15) is 6.10 Å². The van der Waals surface area contributed by atoms with Crippen LogP contribution in [0.15, 0.2) is 30.3 Å². The molecule has 1 saturated heterocycles. The summed E-state index contributed by atoms with van der Waals surface area (Å²) in [5.74, 6) is 1.34. The number of benzene rings is 1. The van der Waals surface area contributed by atoms with Gasteiger partial charge in [0, 0.05) is 12.3 Å². The number of hydrogen-bond acceptors (Lipinski definition) is 3. The molecule has 94 valence electrons. The molecule has 4 nitrogen and oxygen atoms in total. The second-order valence-corrected chi connectivity index (χ2v) is 5.00. The lowest BCUT2D eigenvalue weighted by molar-refractivity contribution is 0.0858. The van der Waals surface area contributed by atoms with Gasteiger partial charge in [-0.3, -0.25) is 9.67 Å². The standard InChI is InChI=1S/C13H15N3OS/c1-9-7-8-17-11(9)12-14-15-13(18)16(12)10-5-3-2-4-6-10/h2-6,9,11H,7-8H2,1H3,(H,15,18). The maximum Gasteiger partial charge on any atom is 0.199 e. The van der Waals surface area contributed by atoms with E-state index in [1.54, 1.807) is 0 Å². The van der Waals surface area contributed by atoms with E-state index in [9.17, 15) is 0 Å². The Morgan fingerprint density at radius 3 is 2.83 bits per heavy atom. The molecule has 1 aromatic heterocycles. The van der Waals surface area contributed by atoms with Gasteiger partial charge >= 0.3 is 0 Å². The Hall–Kier alpha value is -1.46. The smallest absolute Gasteiger partial charge is 0.199 e. The van der Waals surface area contributed by atoms with Crippen molar-refractivity contribution in [1.29, 1.82) is 0 Å². The molecule has 1 aliphatic heterocycles. The zero-order valence-electron chi connectivity index (χ0n) is 10.2. The highest BCUT2D eigenvalue weighted by Crippen LogP contribution is 2.33. The minimum Gasteiger partial charge on any atom is -0.370 e. The van der Waals surface area contributed by atoms with Gasteiger partial charge in [-0.05, 0) is 36.7 Å². The van der Waals surface area contributed by atoms with Crippen molar-refractivity contribution in [3.63, 3.8) is 0 Å². The third-order valence-corrected chi connectivity index (χ3v) is 3.63. The first-order chi connectivity index (χ1) is 8.77. The highest BCUT2D eigenvalue weighted by Gasteiger charge is 2.30. The number of aromatic amines is 1. The largest absolute Gasteiger partial charge is 0.370 e. The van der Waals surface area contributed by atoms with Crippen LogP contribution in [0.4, 0.5) is 0 Å². The molecule has 0 aliphatic carbocycles. The second kappa shape index (κ2) is 4.66. The molecule has 0 radical (unpaired) electrons. The first-order valence-electron chi connectivity index (χ1n) is 6.11. The topological polar surface area (TPSA) is 42.8 Å². The summed E-state index contributed by atoms with van der Waals surface area (Å²) in [5, 5.41) is 7.21. The number of nitrogens with one attached hydrogen (secondary N) is 1. The number of hydrogen-bond donors (Lipinski definition) is 1. The van der Waals surface area contributed by atoms with E-state index >= 15 is 0 Å². The van der Waals surface area contributed by atoms with Crippen molar-refractivity contribution in [3.05, 3.63) is 40.9 Å². The van der Waals surface area contributed by atoms with Crippen LogP contribution in [0.5, 0.6) is 0 Å². The lowest BCUT2D eigenvalue weighted by Crippen LogP contribution is -2.11. The Bertz CT molecular complexity index is 590. The van der Waals surface area contributed by atoms with Crippen LogP contribution in [0.3, 0.4) is 0 Å². The summed E-state index contributed by atoms with van der Waals surface area (Å²) in [7, 11) is 0. The highest BCUT2D eigenvalue weighted by molar-refractivity contribution is 7.71. The summed E-state index contributed by atoms with van der Waals surface area (Å²) in [6.45, 7) is 2.98. The van der Waals surface area contributed by atoms with Crippen molar-refractivity contribution < 1.29 is 4.74 Å². The fourth-order valence-corrected chi connectivity index (χ4v) is 2.60. The number of rotatable bonds is 2. The molecule has 2 aromatic rings. The zero-order chi connectivity index (χ0) is 12.5. The van der Waals surface area contributed by atoms with E-state index in [2.05, 4.69) is 17.1 Å². The number of para-hydroxylation sites is 1. The molecule has 3 rings (SSSR count). The molecular weight excluding hydrogens is 246 g/mol. The van der Waals surface area contributed by atoms with Crippen molar-refractivity contribution in [2.75, 3.05) is 6.61 Å². The van der Waals surface area contributed by atoms with Crippen molar-refractivity contribution >= 4 is 12.2 Å². The van der Waals surface area contributed by atoms with E-state index in [1.165, 1.54) is 0 Å². The molecule has 0 saturated carbocycles. The van der Waals surface area contributed by atoms with Crippen LogP contribution >= 0.6 is 12.2 Å². The average Bonchev–Trinajstić information content (AvgIpc) is 2.96. The van der Waals surface area contributed by atoms with Gasteiger partial charge in [0.25, 0.3) is 0 Å². The number of H-pyrrole nitrogens is 1. The summed E-state index contributed by atoms with van der Waals surface area (Å²) >= 11 is 5.32. The third kappa shape index (κ3) is 1.89. The van der Waals surface area contributed by atoms with E-state index in [1.807, 2.05) is 34.9 Å². The van der Waals surface area contributed by atoms with Gasteiger partial charge < -0.3 is 4.74 Å². The zero-order valence-corrected chi connectivity index (χ0v) is 11.0.